The van der Waals surface area contributed by atoms with Crippen molar-refractivity contribution in [3.63, 3.8) is 0 Å². The molecule has 0 bridgehead atoms. The van der Waals surface area contributed by atoms with Gasteiger partial charge in [0.05, 0.1) is 0 Å². The summed E-state index contributed by atoms with van der Waals surface area (Å²) in [5, 5.41) is 0. The summed E-state index contributed by atoms with van der Waals surface area (Å²) in [6.45, 7) is 2.82. The van der Waals surface area contributed by atoms with Gasteiger partial charge in [0.15, 0.2) is 0 Å². The zero-order valence-corrected chi connectivity index (χ0v) is 8.82. The van der Waals surface area contributed by atoms with Gasteiger partial charge in [0.2, 0.25) is 0 Å². The van der Waals surface area contributed by atoms with Crippen molar-refractivity contribution in [3.05, 3.63) is 23.3 Å². The highest BCUT2D eigenvalue weighted by molar-refractivity contribution is 5.17. The van der Waals surface area contributed by atoms with Crippen molar-refractivity contribution in [2.24, 2.45) is 0 Å². The van der Waals surface area contributed by atoms with E-state index in [-0.39, 0.29) is 6.07 Å². The van der Waals surface area contributed by atoms with Gasteiger partial charge in [-0.3, -0.25) is 0 Å². The van der Waals surface area contributed by atoms with E-state index in [9.17, 15) is 26.3 Å². The van der Waals surface area contributed by atoms with Crippen LogP contribution in [0.1, 0.15) is 37.0 Å². The van der Waals surface area contributed by atoms with Gasteiger partial charge < -0.3 is 0 Å². The predicted molar refractivity (Wildman–Crippen MR) is 46.1 cm³/mol. The normalized spacial score (nSPS) is 13.2. The van der Waals surface area contributed by atoms with Crippen molar-refractivity contribution in [1.29, 1.82) is 0 Å². The van der Waals surface area contributed by atoms with Gasteiger partial charge in [-0.2, -0.15) is 26.3 Å². The molecular weight excluding hydrogens is 250 g/mol. The highest BCUT2D eigenvalue weighted by Gasteiger charge is 2.39. The topological polar surface area (TPSA) is 25.8 Å². The molecule has 1 aromatic heterocycles. The van der Waals surface area contributed by atoms with Gasteiger partial charge in [-0.1, -0.05) is 13.8 Å². The molecule has 0 saturated heterocycles. The summed E-state index contributed by atoms with van der Waals surface area (Å²) in [5.41, 5.74) is -3.16. The second-order valence-electron chi connectivity index (χ2n) is 3.65. The van der Waals surface area contributed by atoms with Crippen LogP contribution in [0.2, 0.25) is 0 Å². The first-order valence-corrected chi connectivity index (χ1v) is 4.55. The fraction of sp³-hybridized carbons (Fsp3) is 0.556. The number of aromatic nitrogens is 2. The fourth-order valence-corrected chi connectivity index (χ4v) is 1.01. The molecule has 0 unspecified atom stereocenters. The van der Waals surface area contributed by atoms with Crippen LogP contribution >= 0.6 is 0 Å². The second kappa shape index (κ2) is 4.15. The van der Waals surface area contributed by atoms with E-state index in [2.05, 4.69) is 9.97 Å². The molecule has 1 aromatic rings. The van der Waals surface area contributed by atoms with Gasteiger partial charge >= 0.3 is 12.4 Å². The molecule has 96 valence electrons. The molecule has 0 N–H and O–H groups in total. The number of hydrogen-bond acceptors (Lipinski definition) is 2. The molecule has 0 fully saturated rings. The Balaban J connectivity index is 3.40. The smallest absolute Gasteiger partial charge is 0.228 e. The first-order valence-electron chi connectivity index (χ1n) is 4.55. The molecule has 0 atom stereocenters. The predicted octanol–water partition coefficient (Wildman–Crippen LogP) is 3.64. The summed E-state index contributed by atoms with van der Waals surface area (Å²) < 4.78 is 74.1. The molecule has 1 rings (SSSR count). The molecule has 0 saturated carbocycles. The Bertz CT molecular complexity index is 375. The van der Waals surface area contributed by atoms with Crippen LogP contribution < -0.4 is 0 Å². The molecule has 0 spiro atoms. The third-order valence-corrected chi connectivity index (χ3v) is 1.84. The maximum absolute atomic E-state index is 12.3. The Morgan fingerprint density at radius 3 is 1.47 bits per heavy atom. The number of halogens is 6. The minimum Gasteiger partial charge on any atom is -0.228 e. The highest BCUT2D eigenvalue weighted by Crippen LogP contribution is 2.34. The van der Waals surface area contributed by atoms with Crippen molar-refractivity contribution in [2.45, 2.75) is 32.1 Å². The number of nitrogens with zero attached hydrogens (tertiary/aromatic N) is 2. The Kier molecular flexibility index (Phi) is 3.35. The lowest BCUT2D eigenvalue weighted by molar-refractivity contribution is -0.148. The van der Waals surface area contributed by atoms with E-state index in [1.807, 2.05) is 0 Å². The quantitative estimate of drug-likeness (QED) is 0.719. The molecule has 0 aliphatic carbocycles. The van der Waals surface area contributed by atoms with Gasteiger partial charge in [0, 0.05) is 5.92 Å². The minimum atomic E-state index is -4.92. The minimum absolute atomic E-state index is 0.0914. The van der Waals surface area contributed by atoms with Gasteiger partial charge in [-0.05, 0) is 6.07 Å². The van der Waals surface area contributed by atoms with Crippen molar-refractivity contribution in [2.75, 3.05) is 0 Å². The largest absolute Gasteiger partial charge is 0.433 e. The molecule has 2 nitrogen and oxygen atoms in total. The Morgan fingerprint density at radius 1 is 0.882 bits per heavy atom. The molecule has 0 aliphatic rings. The van der Waals surface area contributed by atoms with E-state index in [1.54, 1.807) is 0 Å². The molecular formula is C9H8F6N2. The maximum Gasteiger partial charge on any atom is 0.433 e. The molecule has 0 amide bonds. The summed E-state index contributed by atoms with van der Waals surface area (Å²) in [6, 6.07) is -0.0914. The van der Waals surface area contributed by atoms with Gasteiger partial charge in [0.1, 0.15) is 17.2 Å². The molecule has 8 heteroatoms. The van der Waals surface area contributed by atoms with Crippen LogP contribution in [0.25, 0.3) is 0 Å². The molecule has 1 heterocycles. The second-order valence-corrected chi connectivity index (χ2v) is 3.65. The maximum atomic E-state index is 12.3. The number of rotatable bonds is 1. The van der Waals surface area contributed by atoms with Gasteiger partial charge in [0.25, 0.3) is 0 Å². The average molecular weight is 258 g/mol. The zero-order valence-electron chi connectivity index (χ0n) is 8.82. The lowest BCUT2D eigenvalue weighted by atomic mass is 10.2. The molecule has 0 aromatic carbocycles. The van der Waals surface area contributed by atoms with Crippen LogP contribution in [0.15, 0.2) is 6.07 Å². The van der Waals surface area contributed by atoms with Crippen LogP contribution in [0.4, 0.5) is 26.3 Å². The monoisotopic (exact) mass is 258 g/mol. The lowest BCUT2D eigenvalue weighted by Crippen LogP contribution is -2.17. The van der Waals surface area contributed by atoms with Crippen molar-refractivity contribution in [3.8, 4) is 0 Å². The molecule has 17 heavy (non-hydrogen) atoms. The van der Waals surface area contributed by atoms with E-state index in [4.69, 9.17) is 0 Å². The summed E-state index contributed by atoms with van der Waals surface area (Å²) in [6.07, 6.45) is -9.85. The molecule has 0 aliphatic heterocycles. The number of alkyl halides is 6. The van der Waals surface area contributed by atoms with E-state index in [0.717, 1.165) is 0 Å². The van der Waals surface area contributed by atoms with E-state index >= 15 is 0 Å². The third kappa shape index (κ3) is 3.31. The van der Waals surface area contributed by atoms with Crippen LogP contribution in [0.5, 0.6) is 0 Å². The standard InChI is InChI=1S/C9H8F6N2/c1-4(2)7-16-5(8(10,11)12)3-6(17-7)9(13,14)15/h3-4H,1-2H3. The Labute approximate surface area is 92.7 Å². The Morgan fingerprint density at radius 2 is 1.24 bits per heavy atom. The first kappa shape index (κ1) is 13.7. The highest BCUT2D eigenvalue weighted by atomic mass is 19.4. The first-order chi connectivity index (χ1) is 7.51. The summed E-state index contributed by atoms with van der Waals surface area (Å²) in [5.74, 6) is -1.11. The van der Waals surface area contributed by atoms with E-state index < -0.39 is 35.5 Å². The van der Waals surface area contributed by atoms with Crippen LogP contribution in [-0.2, 0) is 12.4 Å². The zero-order chi connectivity index (χ0) is 13.4. The van der Waals surface area contributed by atoms with Crippen molar-refractivity contribution < 1.29 is 26.3 Å². The lowest BCUT2D eigenvalue weighted by Gasteiger charge is -2.13. The van der Waals surface area contributed by atoms with Crippen LogP contribution in [-0.4, -0.2) is 9.97 Å². The van der Waals surface area contributed by atoms with Crippen LogP contribution in [0, 0.1) is 0 Å². The van der Waals surface area contributed by atoms with Gasteiger partial charge in [-0.25, -0.2) is 9.97 Å². The summed E-state index contributed by atoms with van der Waals surface area (Å²) in [4.78, 5) is 6.16. The van der Waals surface area contributed by atoms with E-state index in [1.165, 1.54) is 13.8 Å². The third-order valence-electron chi connectivity index (χ3n) is 1.84. The van der Waals surface area contributed by atoms with E-state index in [0.29, 0.717) is 0 Å². The Hall–Kier alpha value is -1.34. The fourth-order valence-electron chi connectivity index (χ4n) is 1.01. The molecule has 0 radical (unpaired) electrons. The van der Waals surface area contributed by atoms with Crippen molar-refractivity contribution in [1.82, 2.24) is 9.97 Å². The average Bonchev–Trinajstić information content (AvgIpc) is 2.14. The summed E-state index contributed by atoms with van der Waals surface area (Å²) >= 11 is 0. The van der Waals surface area contributed by atoms with Crippen molar-refractivity contribution >= 4 is 0 Å². The SMILES string of the molecule is CC(C)c1nc(C(F)(F)F)cc(C(F)(F)F)n1. The van der Waals surface area contributed by atoms with Crippen LogP contribution in [0.3, 0.4) is 0 Å². The van der Waals surface area contributed by atoms with Gasteiger partial charge in [-0.15, -0.1) is 0 Å². The summed E-state index contributed by atoms with van der Waals surface area (Å²) in [7, 11) is 0. The number of hydrogen-bond donors (Lipinski definition) is 0.